The number of nitrogens with one attached hydrogen (secondary N) is 2. The number of alkyl halides is 1. The Hall–Kier alpha value is -3.36. The number of anilines is 1. The Morgan fingerprint density at radius 2 is 2.00 bits per heavy atom. The normalized spacial score (nSPS) is 20.0. The van der Waals surface area contributed by atoms with E-state index in [0.717, 1.165) is 0 Å². The van der Waals surface area contributed by atoms with Gasteiger partial charge in [-0.2, -0.15) is 4.39 Å². The molecule has 9 nitrogen and oxygen atoms in total. The first kappa shape index (κ1) is 26.7. The van der Waals surface area contributed by atoms with Gasteiger partial charge in [-0.25, -0.2) is 37.3 Å². The number of rotatable bonds is 8. The van der Waals surface area contributed by atoms with Gasteiger partial charge in [0.2, 0.25) is 27.7 Å². The van der Waals surface area contributed by atoms with Crippen LogP contribution in [0.1, 0.15) is 18.9 Å². The Kier molecular flexibility index (Phi) is 7.62. The van der Waals surface area contributed by atoms with E-state index < -0.39 is 56.6 Å². The number of hydrogen-bond donors (Lipinski definition) is 3. The van der Waals surface area contributed by atoms with Crippen LogP contribution in [0.3, 0.4) is 0 Å². The predicted octanol–water partition coefficient (Wildman–Crippen LogP) is 3.29. The van der Waals surface area contributed by atoms with Gasteiger partial charge in [-0.3, -0.25) is 4.39 Å². The summed E-state index contributed by atoms with van der Waals surface area (Å²) in [6.45, 7) is 2.51. The molecule has 0 radical (unpaired) electrons. The number of primary sulfonamides is 1. The predicted molar refractivity (Wildman–Crippen MR) is 127 cm³/mol. The van der Waals surface area contributed by atoms with Crippen LogP contribution in [-0.2, 0) is 15.8 Å². The van der Waals surface area contributed by atoms with Crippen molar-refractivity contribution in [2.24, 2.45) is 10.6 Å². The topological polar surface area (TPSA) is 132 Å². The van der Waals surface area contributed by atoms with E-state index in [-0.39, 0.29) is 23.4 Å². The number of nitrogens with two attached hydrogens (primary N) is 1. The maximum absolute atomic E-state index is 14.7. The zero-order valence-electron chi connectivity index (χ0n) is 19.6. The van der Waals surface area contributed by atoms with Gasteiger partial charge < -0.3 is 15.4 Å². The van der Waals surface area contributed by atoms with Gasteiger partial charge in [0, 0.05) is 48.6 Å². The summed E-state index contributed by atoms with van der Waals surface area (Å²) < 4.78 is 84.8. The first-order valence-corrected chi connectivity index (χ1v) is 12.9. The summed E-state index contributed by atoms with van der Waals surface area (Å²) in [5.74, 6) is -6.74. The van der Waals surface area contributed by atoms with Crippen LogP contribution in [0.15, 0.2) is 36.7 Å². The highest BCUT2D eigenvalue weighted by molar-refractivity contribution is 7.88. The second-order valence-corrected chi connectivity index (χ2v) is 10.7. The monoisotopic (exact) mass is 540 g/mol. The molecule has 4 rings (SSSR count). The van der Waals surface area contributed by atoms with Crippen LogP contribution in [0, 0.1) is 22.9 Å². The molecule has 2 atom stereocenters. The van der Waals surface area contributed by atoms with Gasteiger partial charge in [-0.1, -0.05) is 6.92 Å². The number of piperidine rings is 1. The molecule has 1 saturated heterocycles. The van der Waals surface area contributed by atoms with Crippen molar-refractivity contribution in [3.8, 4) is 22.9 Å². The molecule has 37 heavy (non-hydrogen) atoms. The van der Waals surface area contributed by atoms with E-state index in [4.69, 9.17) is 9.88 Å². The molecule has 0 amide bonds. The van der Waals surface area contributed by atoms with Crippen molar-refractivity contribution in [1.29, 1.82) is 0 Å². The minimum atomic E-state index is -4.32. The van der Waals surface area contributed by atoms with Crippen molar-refractivity contribution in [1.82, 2.24) is 20.3 Å². The molecule has 0 saturated carbocycles. The maximum Gasteiger partial charge on any atom is 0.228 e. The molecular weight excluding hydrogens is 516 g/mol. The summed E-state index contributed by atoms with van der Waals surface area (Å²) in [4.78, 5) is 12.7. The van der Waals surface area contributed by atoms with Crippen molar-refractivity contribution in [2.45, 2.75) is 25.1 Å². The van der Waals surface area contributed by atoms with Crippen molar-refractivity contribution in [2.75, 3.05) is 25.1 Å². The maximum atomic E-state index is 14.7. The minimum Gasteiger partial charge on any atom is -0.435 e. The highest BCUT2D eigenvalue weighted by Crippen LogP contribution is 2.34. The number of halogens is 4. The van der Waals surface area contributed by atoms with Crippen LogP contribution in [-0.4, -0.2) is 49.2 Å². The largest absolute Gasteiger partial charge is 0.435 e. The summed E-state index contributed by atoms with van der Waals surface area (Å²) in [5, 5.41) is 11.2. The zero-order chi connectivity index (χ0) is 26.8. The molecule has 1 aromatic carbocycles. The summed E-state index contributed by atoms with van der Waals surface area (Å²) in [6.07, 6.45) is 3.35. The lowest BCUT2D eigenvalue weighted by Crippen LogP contribution is -2.49. The van der Waals surface area contributed by atoms with Crippen LogP contribution in [0.5, 0.6) is 11.6 Å². The first-order valence-electron chi connectivity index (χ1n) is 11.1. The molecule has 0 spiro atoms. The fourth-order valence-electron chi connectivity index (χ4n) is 4.04. The number of benzene rings is 1. The van der Waals surface area contributed by atoms with E-state index in [9.17, 15) is 26.0 Å². The van der Waals surface area contributed by atoms with Crippen molar-refractivity contribution in [3.05, 3.63) is 59.7 Å². The number of aromatic nitrogens is 3. The van der Waals surface area contributed by atoms with E-state index in [1.165, 1.54) is 18.5 Å². The highest BCUT2D eigenvalue weighted by Gasteiger charge is 2.32. The molecule has 3 heterocycles. The molecule has 2 unspecified atom stereocenters. The van der Waals surface area contributed by atoms with Gasteiger partial charge in [-0.05, 0) is 24.6 Å². The molecule has 1 fully saturated rings. The number of pyridine rings is 1. The number of sulfonamides is 1. The Bertz CT molecular complexity index is 1410. The number of hydrogen-bond acceptors (Lipinski definition) is 8. The van der Waals surface area contributed by atoms with Crippen molar-refractivity contribution >= 4 is 16.0 Å². The summed E-state index contributed by atoms with van der Waals surface area (Å²) in [5.41, 5.74) is -0.987. The fraction of sp³-hybridized carbons (Fsp3) is 0.348. The Morgan fingerprint density at radius 1 is 1.22 bits per heavy atom. The molecular formula is C23H24F4N6O3S. The summed E-state index contributed by atoms with van der Waals surface area (Å²) in [7, 11) is -4.32. The Morgan fingerprint density at radius 3 is 2.73 bits per heavy atom. The van der Waals surface area contributed by atoms with Gasteiger partial charge in [0.1, 0.15) is 5.82 Å². The first-order chi connectivity index (χ1) is 17.5. The molecule has 14 heteroatoms. The Labute approximate surface area is 210 Å². The van der Waals surface area contributed by atoms with Crippen LogP contribution < -0.4 is 20.5 Å². The van der Waals surface area contributed by atoms with Gasteiger partial charge in [0.05, 0.1) is 23.7 Å². The van der Waals surface area contributed by atoms with Gasteiger partial charge >= 0.3 is 0 Å². The van der Waals surface area contributed by atoms with E-state index in [1.807, 2.05) is 6.92 Å². The number of ether oxygens (including phenoxy) is 1. The molecule has 4 N–H and O–H groups in total. The lowest BCUT2D eigenvalue weighted by Gasteiger charge is -2.37. The van der Waals surface area contributed by atoms with Gasteiger partial charge in [0.25, 0.3) is 0 Å². The summed E-state index contributed by atoms with van der Waals surface area (Å²) >= 11 is 0. The smallest absolute Gasteiger partial charge is 0.228 e. The highest BCUT2D eigenvalue weighted by atomic mass is 32.2. The third-order valence-corrected chi connectivity index (χ3v) is 6.50. The van der Waals surface area contributed by atoms with E-state index in [2.05, 4.69) is 25.6 Å². The van der Waals surface area contributed by atoms with Crippen molar-refractivity contribution in [3.63, 3.8) is 0 Å². The Balaban J connectivity index is 1.61. The minimum absolute atomic E-state index is 0.134. The third kappa shape index (κ3) is 6.32. The van der Waals surface area contributed by atoms with Crippen LogP contribution in [0.2, 0.25) is 0 Å². The van der Waals surface area contributed by atoms with Gasteiger partial charge in [0.15, 0.2) is 11.6 Å². The zero-order valence-corrected chi connectivity index (χ0v) is 20.5. The average molecular weight is 541 g/mol. The second kappa shape index (κ2) is 10.6. The van der Waals surface area contributed by atoms with E-state index in [1.54, 1.807) is 12.1 Å². The SMILES string of the molecule is CC1(CF)CNCC(Nc2nccc(-c3cccnc3Oc3cc(F)c(CS(N)(=O)=O)c(F)c3F)n2)C1. The molecule has 0 aliphatic carbocycles. The summed E-state index contributed by atoms with van der Waals surface area (Å²) in [6, 6.07) is 5.03. The number of nitrogens with zero attached hydrogens (tertiary/aromatic N) is 3. The molecule has 0 bridgehead atoms. The third-order valence-electron chi connectivity index (χ3n) is 5.81. The van der Waals surface area contributed by atoms with Crippen LogP contribution >= 0.6 is 0 Å². The lowest BCUT2D eigenvalue weighted by atomic mass is 9.82. The van der Waals surface area contributed by atoms with Gasteiger partial charge in [-0.15, -0.1) is 0 Å². The van der Waals surface area contributed by atoms with Crippen molar-refractivity contribution < 1.29 is 30.7 Å². The molecule has 198 valence electrons. The standard InChI is InChI=1S/C23H24F4N6O3S/c1-23(11-24)8-13(9-29-12-23)32-22-31-6-4-17(33-22)14-3-2-5-30-21(14)36-18-7-16(25)15(10-37(28,34)35)19(26)20(18)27/h2-7,13,29H,8-12H2,1H3,(H2,28,34,35)(H,31,32,33). The molecule has 2 aromatic heterocycles. The second-order valence-electron chi connectivity index (χ2n) is 9.11. The lowest BCUT2D eigenvalue weighted by molar-refractivity contribution is 0.168. The molecule has 1 aliphatic heterocycles. The van der Waals surface area contributed by atoms with E-state index >= 15 is 0 Å². The van der Waals surface area contributed by atoms with Crippen LogP contribution in [0.4, 0.5) is 23.5 Å². The van der Waals surface area contributed by atoms with E-state index in [0.29, 0.717) is 31.3 Å². The quantitative estimate of drug-likeness (QED) is 0.293. The average Bonchev–Trinajstić information content (AvgIpc) is 2.85. The molecule has 1 aliphatic rings. The molecule has 3 aromatic rings. The fourth-order valence-corrected chi connectivity index (χ4v) is 4.71. The van der Waals surface area contributed by atoms with Crippen LogP contribution in [0.25, 0.3) is 11.3 Å².